The van der Waals surface area contributed by atoms with E-state index in [9.17, 15) is 0 Å². The molecule has 0 aliphatic carbocycles. The van der Waals surface area contributed by atoms with Crippen LogP contribution in [0.2, 0.25) is 0 Å². The first-order chi connectivity index (χ1) is 10.7. The highest BCUT2D eigenvalue weighted by molar-refractivity contribution is 6.62. The summed E-state index contributed by atoms with van der Waals surface area (Å²) in [5.41, 5.74) is 4.84. The molecule has 4 heteroatoms. The van der Waals surface area contributed by atoms with E-state index in [4.69, 9.17) is 9.31 Å². The van der Waals surface area contributed by atoms with E-state index >= 15 is 0 Å². The Morgan fingerprint density at radius 3 is 1.91 bits per heavy atom. The molecule has 3 nitrogen and oxygen atoms in total. The molecule has 0 radical (unpaired) electrons. The lowest BCUT2D eigenvalue weighted by atomic mass is 9.78. The lowest BCUT2D eigenvalue weighted by Gasteiger charge is -2.32. The Balaban J connectivity index is 1.86. The zero-order valence-corrected chi connectivity index (χ0v) is 14.8. The van der Waals surface area contributed by atoms with Gasteiger partial charge in [0.15, 0.2) is 0 Å². The van der Waals surface area contributed by atoms with Crippen LogP contribution in [0, 0.1) is 13.8 Å². The molecular weight excluding hydrogens is 285 g/mol. The van der Waals surface area contributed by atoms with E-state index in [1.807, 2.05) is 19.9 Å². The average molecular weight is 309 g/mol. The fourth-order valence-corrected chi connectivity index (χ4v) is 2.79. The molecule has 23 heavy (non-hydrogen) atoms. The Bertz CT molecular complexity index is 707. The maximum Gasteiger partial charge on any atom is 0.494 e. The molecule has 0 amide bonds. The zero-order valence-electron chi connectivity index (χ0n) is 14.8. The number of hydrogen-bond donors (Lipinski definition) is 0. The number of pyridine rings is 1. The minimum atomic E-state index is -0.314. The van der Waals surface area contributed by atoms with Crippen LogP contribution in [-0.4, -0.2) is 23.3 Å². The van der Waals surface area contributed by atoms with Crippen molar-refractivity contribution in [3.63, 3.8) is 0 Å². The van der Waals surface area contributed by atoms with Crippen molar-refractivity contribution in [1.82, 2.24) is 4.98 Å². The molecule has 0 unspecified atom stereocenters. The Morgan fingerprint density at radius 1 is 0.826 bits per heavy atom. The highest BCUT2D eigenvalue weighted by Crippen LogP contribution is 2.36. The van der Waals surface area contributed by atoms with Crippen molar-refractivity contribution >= 4 is 12.6 Å². The summed E-state index contributed by atoms with van der Waals surface area (Å²) in [5.74, 6) is 0. The molecule has 1 saturated heterocycles. The highest BCUT2D eigenvalue weighted by atomic mass is 16.7. The lowest BCUT2D eigenvalue weighted by Crippen LogP contribution is -2.41. The summed E-state index contributed by atoms with van der Waals surface area (Å²) in [4.78, 5) is 4.54. The second-order valence-corrected chi connectivity index (χ2v) is 7.30. The monoisotopic (exact) mass is 309 g/mol. The van der Waals surface area contributed by atoms with Gasteiger partial charge in [0.25, 0.3) is 0 Å². The summed E-state index contributed by atoms with van der Waals surface area (Å²) in [5, 5.41) is 0. The molecule has 2 heterocycles. The fraction of sp³-hybridized carbons (Fsp3) is 0.421. The number of hydrogen-bond acceptors (Lipinski definition) is 3. The molecule has 3 rings (SSSR count). The van der Waals surface area contributed by atoms with Gasteiger partial charge in [0.05, 0.1) is 11.2 Å². The van der Waals surface area contributed by atoms with Crippen molar-refractivity contribution in [2.45, 2.75) is 52.7 Å². The van der Waals surface area contributed by atoms with Crippen LogP contribution < -0.4 is 5.46 Å². The quantitative estimate of drug-likeness (QED) is 0.793. The Morgan fingerprint density at radius 2 is 1.39 bits per heavy atom. The predicted molar refractivity (Wildman–Crippen MR) is 94.9 cm³/mol. The van der Waals surface area contributed by atoms with Gasteiger partial charge in [0.2, 0.25) is 0 Å². The third-order valence-corrected chi connectivity index (χ3v) is 4.97. The fourth-order valence-electron chi connectivity index (χ4n) is 2.79. The summed E-state index contributed by atoms with van der Waals surface area (Å²) < 4.78 is 12.2. The summed E-state index contributed by atoms with van der Waals surface area (Å²) in [7, 11) is -0.314. The summed E-state index contributed by atoms with van der Waals surface area (Å²) in [6.07, 6.45) is 0. The van der Waals surface area contributed by atoms with Gasteiger partial charge in [-0.05, 0) is 58.6 Å². The molecule has 0 bridgehead atoms. The largest absolute Gasteiger partial charge is 0.494 e. The second-order valence-electron chi connectivity index (χ2n) is 7.30. The maximum atomic E-state index is 6.10. The molecular formula is C19H24BNO2. The summed E-state index contributed by atoms with van der Waals surface area (Å²) in [6, 6.07) is 12.6. The Hall–Kier alpha value is -1.65. The predicted octanol–water partition coefficient (Wildman–Crippen LogP) is 3.66. The maximum absolute atomic E-state index is 6.10. The van der Waals surface area contributed by atoms with Crippen molar-refractivity contribution in [3.8, 4) is 11.1 Å². The molecule has 1 aliphatic rings. The van der Waals surface area contributed by atoms with Crippen LogP contribution in [0.4, 0.5) is 0 Å². The van der Waals surface area contributed by atoms with E-state index in [2.05, 4.69) is 63.0 Å². The SMILES string of the molecule is Cc1ccc(-c2ccc(B3OC(C)(C)C(C)(C)O3)cc2)c(C)n1. The normalized spacial score (nSPS) is 19.1. The smallest absolute Gasteiger partial charge is 0.399 e. The standard InChI is InChI=1S/C19H24BNO2/c1-13-7-12-17(14(2)21-13)15-8-10-16(11-9-15)20-22-18(3,4)19(5,6)23-20/h7-12H,1-6H3. The molecule has 0 atom stereocenters. The second kappa shape index (κ2) is 5.46. The molecule has 0 spiro atoms. The third kappa shape index (κ3) is 2.93. The number of rotatable bonds is 2. The topological polar surface area (TPSA) is 31.4 Å². The van der Waals surface area contributed by atoms with Crippen molar-refractivity contribution < 1.29 is 9.31 Å². The zero-order chi connectivity index (χ0) is 16.8. The molecule has 1 aromatic heterocycles. The van der Waals surface area contributed by atoms with Gasteiger partial charge in [-0.3, -0.25) is 4.98 Å². The van der Waals surface area contributed by atoms with E-state index in [0.29, 0.717) is 0 Å². The molecule has 120 valence electrons. The van der Waals surface area contributed by atoms with Crippen LogP contribution in [0.25, 0.3) is 11.1 Å². The van der Waals surface area contributed by atoms with Crippen molar-refractivity contribution in [2.75, 3.05) is 0 Å². The third-order valence-electron chi connectivity index (χ3n) is 4.97. The van der Waals surface area contributed by atoms with Crippen molar-refractivity contribution in [2.24, 2.45) is 0 Å². The van der Waals surface area contributed by atoms with Gasteiger partial charge in [-0.2, -0.15) is 0 Å². The van der Waals surface area contributed by atoms with Crippen LogP contribution in [-0.2, 0) is 9.31 Å². The Kier molecular flexibility index (Phi) is 3.85. The van der Waals surface area contributed by atoms with E-state index in [-0.39, 0.29) is 18.3 Å². The van der Waals surface area contributed by atoms with Crippen LogP contribution in [0.5, 0.6) is 0 Å². The van der Waals surface area contributed by atoms with E-state index in [1.165, 1.54) is 0 Å². The van der Waals surface area contributed by atoms with Crippen LogP contribution in [0.3, 0.4) is 0 Å². The molecule has 2 aromatic rings. The van der Waals surface area contributed by atoms with Gasteiger partial charge < -0.3 is 9.31 Å². The molecule has 0 saturated carbocycles. The first-order valence-electron chi connectivity index (χ1n) is 8.10. The minimum absolute atomic E-state index is 0.312. The number of nitrogens with zero attached hydrogens (tertiary/aromatic N) is 1. The molecule has 1 aromatic carbocycles. The van der Waals surface area contributed by atoms with Gasteiger partial charge in [-0.15, -0.1) is 0 Å². The summed E-state index contributed by atoms with van der Waals surface area (Å²) >= 11 is 0. The summed E-state index contributed by atoms with van der Waals surface area (Å²) in [6.45, 7) is 12.3. The molecule has 1 fully saturated rings. The average Bonchev–Trinajstić information content (AvgIpc) is 2.68. The number of benzene rings is 1. The Labute approximate surface area is 139 Å². The van der Waals surface area contributed by atoms with Gasteiger partial charge in [-0.25, -0.2) is 0 Å². The first kappa shape index (κ1) is 16.2. The van der Waals surface area contributed by atoms with E-state index in [0.717, 1.165) is 28.0 Å². The van der Waals surface area contributed by atoms with Crippen molar-refractivity contribution in [3.05, 3.63) is 47.8 Å². The van der Waals surface area contributed by atoms with Gasteiger partial charge in [0.1, 0.15) is 0 Å². The highest BCUT2D eigenvalue weighted by Gasteiger charge is 2.51. The van der Waals surface area contributed by atoms with Gasteiger partial charge >= 0.3 is 7.12 Å². The van der Waals surface area contributed by atoms with Gasteiger partial charge in [-0.1, -0.05) is 30.3 Å². The van der Waals surface area contributed by atoms with Gasteiger partial charge in [0, 0.05) is 17.0 Å². The minimum Gasteiger partial charge on any atom is -0.399 e. The number of aromatic nitrogens is 1. The van der Waals surface area contributed by atoms with Crippen LogP contribution >= 0.6 is 0 Å². The van der Waals surface area contributed by atoms with Crippen LogP contribution in [0.1, 0.15) is 39.1 Å². The lowest BCUT2D eigenvalue weighted by molar-refractivity contribution is 0.00578. The van der Waals surface area contributed by atoms with E-state index < -0.39 is 0 Å². The first-order valence-corrected chi connectivity index (χ1v) is 8.10. The molecule has 0 N–H and O–H groups in total. The number of aryl methyl sites for hydroxylation is 2. The van der Waals surface area contributed by atoms with E-state index in [1.54, 1.807) is 0 Å². The molecule has 1 aliphatic heterocycles. The van der Waals surface area contributed by atoms with Crippen LogP contribution in [0.15, 0.2) is 36.4 Å². The van der Waals surface area contributed by atoms with Crippen molar-refractivity contribution in [1.29, 1.82) is 0 Å².